The van der Waals surface area contributed by atoms with E-state index in [2.05, 4.69) is 29.1 Å². The van der Waals surface area contributed by atoms with Gasteiger partial charge in [-0.1, -0.05) is 37.7 Å². The number of benzene rings is 1. The Kier molecular flexibility index (Phi) is 7.39. The van der Waals surface area contributed by atoms with E-state index in [1.807, 2.05) is 12.1 Å². The molecule has 0 bridgehead atoms. The largest absolute Gasteiger partial charge is 0.495 e. The highest BCUT2D eigenvalue weighted by atomic mass is 32.2. The molecule has 0 saturated heterocycles. The minimum Gasteiger partial charge on any atom is -0.495 e. The van der Waals surface area contributed by atoms with Crippen LogP contribution in [0, 0.1) is 0 Å². The van der Waals surface area contributed by atoms with E-state index in [-0.39, 0.29) is 17.2 Å². The molecule has 0 atom stereocenters. The molecule has 0 aliphatic heterocycles. The van der Waals surface area contributed by atoms with Gasteiger partial charge in [0.15, 0.2) is 5.16 Å². The number of anilines is 1. The van der Waals surface area contributed by atoms with Crippen molar-refractivity contribution in [3.8, 4) is 5.75 Å². The molecule has 0 aliphatic carbocycles. The van der Waals surface area contributed by atoms with Gasteiger partial charge in [-0.25, -0.2) is 4.98 Å². The quantitative estimate of drug-likeness (QED) is 0.541. The highest BCUT2D eigenvalue weighted by molar-refractivity contribution is 7.99. The number of amides is 1. The summed E-state index contributed by atoms with van der Waals surface area (Å²) in [5.41, 5.74) is 1.12. The predicted molar refractivity (Wildman–Crippen MR) is 104 cm³/mol. The SMILES string of the molecule is COc1ccccc1NC(=O)CSc1nc(CSC(C)C)cc(=O)[nH]1. The summed E-state index contributed by atoms with van der Waals surface area (Å²) >= 11 is 2.91. The van der Waals surface area contributed by atoms with Crippen molar-refractivity contribution >= 4 is 35.1 Å². The Balaban J connectivity index is 1.96. The maximum atomic E-state index is 12.1. The summed E-state index contributed by atoms with van der Waals surface area (Å²) in [6, 6.07) is 8.69. The van der Waals surface area contributed by atoms with Gasteiger partial charge in [0.05, 0.1) is 24.2 Å². The summed E-state index contributed by atoms with van der Waals surface area (Å²) < 4.78 is 5.20. The van der Waals surface area contributed by atoms with Gasteiger partial charge in [-0.3, -0.25) is 9.59 Å². The molecule has 8 heteroatoms. The van der Waals surface area contributed by atoms with E-state index in [0.717, 1.165) is 5.69 Å². The van der Waals surface area contributed by atoms with Gasteiger partial charge < -0.3 is 15.0 Å². The smallest absolute Gasteiger partial charge is 0.251 e. The number of aromatic amines is 1. The van der Waals surface area contributed by atoms with Gasteiger partial charge in [0, 0.05) is 11.8 Å². The monoisotopic (exact) mass is 379 g/mol. The van der Waals surface area contributed by atoms with E-state index < -0.39 is 0 Å². The van der Waals surface area contributed by atoms with Crippen molar-refractivity contribution in [1.29, 1.82) is 0 Å². The van der Waals surface area contributed by atoms with Crippen LogP contribution < -0.4 is 15.6 Å². The molecule has 0 unspecified atom stereocenters. The van der Waals surface area contributed by atoms with Crippen LogP contribution in [-0.2, 0) is 10.5 Å². The number of nitrogens with zero attached hydrogens (tertiary/aromatic N) is 1. The van der Waals surface area contributed by atoms with E-state index in [4.69, 9.17) is 4.74 Å². The van der Waals surface area contributed by atoms with Crippen molar-refractivity contribution in [3.63, 3.8) is 0 Å². The third-order valence-corrected chi connectivity index (χ3v) is 5.06. The second-order valence-corrected chi connectivity index (χ2v) is 7.97. The van der Waals surface area contributed by atoms with Crippen molar-refractivity contribution in [1.82, 2.24) is 9.97 Å². The van der Waals surface area contributed by atoms with Crippen LogP contribution in [0.5, 0.6) is 5.75 Å². The van der Waals surface area contributed by atoms with E-state index >= 15 is 0 Å². The molecule has 1 heterocycles. The molecular formula is C17H21N3O3S2. The Labute approximate surface area is 155 Å². The molecule has 2 aromatic rings. The molecule has 0 radical (unpaired) electrons. The molecule has 0 saturated carbocycles. The maximum Gasteiger partial charge on any atom is 0.251 e. The lowest BCUT2D eigenvalue weighted by molar-refractivity contribution is -0.113. The zero-order valence-corrected chi connectivity index (χ0v) is 16.0. The third kappa shape index (κ3) is 6.47. The Morgan fingerprint density at radius 2 is 2.12 bits per heavy atom. The molecule has 0 spiro atoms. The molecule has 0 aliphatic rings. The average molecular weight is 380 g/mol. The fourth-order valence-electron chi connectivity index (χ4n) is 1.95. The fraction of sp³-hybridized carbons (Fsp3) is 0.353. The first-order chi connectivity index (χ1) is 12.0. The number of para-hydroxylation sites is 2. The molecule has 134 valence electrons. The molecule has 2 rings (SSSR count). The Morgan fingerprint density at radius 1 is 1.36 bits per heavy atom. The number of H-pyrrole nitrogens is 1. The number of hydrogen-bond donors (Lipinski definition) is 2. The first kappa shape index (κ1) is 19.4. The highest BCUT2D eigenvalue weighted by Crippen LogP contribution is 2.23. The number of ether oxygens (including phenoxy) is 1. The summed E-state index contributed by atoms with van der Waals surface area (Å²) in [5.74, 6) is 1.21. The summed E-state index contributed by atoms with van der Waals surface area (Å²) in [4.78, 5) is 30.9. The van der Waals surface area contributed by atoms with E-state index in [1.54, 1.807) is 31.0 Å². The van der Waals surface area contributed by atoms with Gasteiger partial charge in [0.2, 0.25) is 5.91 Å². The number of carbonyl (C=O) groups excluding carboxylic acids is 1. The van der Waals surface area contributed by atoms with Crippen molar-refractivity contribution in [2.45, 2.75) is 30.0 Å². The lowest BCUT2D eigenvalue weighted by atomic mass is 10.3. The van der Waals surface area contributed by atoms with Crippen LogP contribution in [0.25, 0.3) is 0 Å². The van der Waals surface area contributed by atoms with Crippen LogP contribution in [0.2, 0.25) is 0 Å². The van der Waals surface area contributed by atoms with Crippen LogP contribution in [0.1, 0.15) is 19.5 Å². The second-order valence-electron chi connectivity index (χ2n) is 5.44. The average Bonchev–Trinajstić information content (AvgIpc) is 2.58. The van der Waals surface area contributed by atoms with Crippen LogP contribution in [0.3, 0.4) is 0 Å². The first-order valence-corrected chi connectivity index (χ1v) is 9.79. The Hall–Kier alpha value is -1.93. The predicted octanol–water partition coefficient (Wildman–Crippen LogP) is 3.15. The van der Waals surface area contributed by atoms with Gasteiger partial charge in [-0.15, -0.1) is 0 Å². The number of aromatic nitrogens is 2. The van der Waals surface area contributed by atoms with Gasteiger partial charge in [0.1, 0.15) is 5.75 Å². The highest BCUT2D eigenvalue weighted by Gasteiger charge is 2.09. The van der Waals surface area contributed by atoms with Gasteiger partial charge in [-0.05, 0) is 17.4 Å². The van der Waals surface area contributed by atoms with Crippen LogP contribution in [0.15, 0.2) is 40.3 Å². The fourth-order valence-corrected chi connectivity index (χ4v) is 3.29. The number of carbonyl (C=O) groups is 1. The maximum absolute atomic E-state index is 12.1. The summed E-state index contributed by atoms with van der Waals surface area (Å²) in [7, 11) is 1.55. The molecule has 0 fully saturated rings. The minimum absolute atomic E-state index is 0.141. The number of hydrogen-bond acceptors (Lipinski definition) is 6. The molecule has 25 heavy (non-hydrogen) atoms. The number of methoxy groups -OCH3 is 1. The zero-order valence-electron chi connectivity index (χ0n) is 14.4. The van der Waals surface area contributed by atoms with Crippen molar-refractivity contribution < 1.29 is 9.53 Å². The summed E-state index contributed by atoms with van der Waals surface area (Å²) in [5, 5.41) is 3.70. The van der Waals surface area contributed by atoms with Crippen LogP contribution in [0.4, 0.5) is 5.69 Å². The van der Waals surface area contributed by atoms with Gasteiger partial charge >= 0.3 is 0 Å². The summed E-state index contributed by atoms with van der Waals surface area (Å²) in [6.45, 7) is 4.19. The third-order valence-electron chi connectivity index (χ3n) is 3.06. The molecule has 6 nitrogen and oxygen atoms in total. The van der Waals surface area contributed by atoms with Gasteiger partial charge in [-0.2, -0.15) is 11.8 Å². The Morgan fingerprint density at radius 3 is 2.84 bits per heavy atom. The van der Waals surface area contributed by atoms with Crippen molar-refractivity contribution in [2.75, 3.05) is 18.2 Å². The number of rotatable bonds is 8. The lowest BCUT2D eigenvalue weighted by Crippen LogP contribution is -2.16. The normalized spacial score (nSPS) is 10.7. The zero-order chi connectivity index (χ0) is 18.2. The second kappa shape index (κ2) is 9.53. The number of nitrogens with one attached hydrogen (secondary N) is 2. The van der Waals surface area contributed by atoms with E-state index in [0.29, 0.717) is 27.6 Å². The first-order valence-electron chi connectivity index (χ1n) is 7.75. The molecule has 1 amide bonds. The van der Waals surface area contributed by atoms with Crippen LogP contribution in [-0.4, -0.2) is 34.0 Å². The lowest BCUT2D eigenvalue weighted by Gasteiger charge is -2.09. The standard InChI is InChI=1S/C17H21N3O3S2/c1-11(2)24-9-12-8-15(21)20-17(18-12)25-10-16(22)19-13-6-4-5-7-14(13)23-3/h4-8,11H,9-10H2,1-3H3,(H,19,22)(H,18,20,21). The van der Waals surface area contributed by atoms with Gasteiger partial charge in [0.25, 0.3) is 5.56 Å². The van der Waals surface area contributed by atoms with Crippen molar-refractivity contribution in [2.24, 2.45) is 0 Å². The van der Waals surface area contributed by atoms with E-state index in [1.165, 1.54) is 17.8 Å². The van der Waals surface area contributed by atoms with Crippen LogP contribution >= 0.6 is 23.5 Å². The molecule has 2 N–H and O–H groups in total. The van der Waals surface area contributed by atoms with E-state index in [9.17, 15) is 9.59 Å². The van der Waals surface area contributed by atoms with Crippen molar-refractivity contribution in [3.05, 3.63) is 46.4 Å². The Bertz CT molecular complexity index is 778. The summed E-state index contributed by atoms with van der Waals surface area (Å²) in [6.07, 6.45) is 0. The molecular weight excluding hydrogens is 358 g/mol. The number of thioether (sulfide) groups is 2. The minimum atomic E-state index is -0.206. The molecule has 1 aromatic heterocycles. The topological polar surface area (TPSA) is 84.1 Å². The molecule has 1 aromatic carbocycles.